The highest BCUT2D eigenvalue weighted by atomic mass is 19.1. The molecule has 4 rings (SSSR count). The second-order valence-electron chi connectivity index (χ2n) is 8.62. The molecule has 0 radical (unpaired) electrons. The first kappa shape index (κ1) is 23.1. The molecule has 1 unspecified atom stereocenters. The summed E-state index contributed by atoms with van der Waals surface area (Å²) < 4.78 is 18.2. The van der Waals surface area contributed by atoms with E-state index in [1.165, 1.54) is 0 Å². The summed E-state index contributed by atoms with van der Waals surface area (Å²) in [6.45, 7) is 7.48. The van der Waals surface area contributed by atoms with Gasteiger partial charge in [0.1, 0.15) is 11.4 Å². The van der Waals surface area contributed by atoms with Gasteiger partial charge >= 0.3 is 0 Å². The van der Waals surface area contributed by atoms with Crippen molar-refractivity contribution in [1.29, 1.82) is 0 Å². The van der Waals surface area contributed by atoms with E-state index in [1.807, 2.05) is 26.0 Å². The van der Waals surface area contributed by atoms with Crippen molar-refractivity contribution in [3.63, 3.8) is 0 Å². The molecule has 4 aromatic rings. The van der Waals surface area contributed by atoms with Crippen molar-refractivity contribution in [2.75, 3.05) is 5.73 Å². The number of aromatic nitrogens is 7. The Bertz CT molecular complexity index is 1390. The summed E-state index contributed by atoms with van der Waals surface area (Å²) >= 11 is 0. The standard InChI is InChI=1S/C24H25FN8O/c1-6-16-8-7-9-18(14(16)2)23-28-21(20(25)22(26)29-23)19-13-32(31-30-19)12-17-10-11-27-33(17)15(3)24(4,5)34/h1,7-11,13,15,34H,12H2,2-5H3,(H2,26,28,29). The number of rotatable bonds is 6. The first-order valence-electron chi connectivity index (χ1n) is 10.6. The van der Waals surface area contributed by atoms with Crippen molar-refractivity contribution in [2.24, 2.45) is 0 Å². The minimum atomic E-state index is -0.971. The molecule has 34 heavy (non-hydrogen) atoms. The van der Waals surface area contributed by atoms with Crippen LogP contribution in [-0.2, 0) is 6.54 Å². The van der Waals surface area contributed by atoms with E-state index in [1.54, 1.807) is 47.7 Å². The zero-order valence-electron chi connectivity index (χ0n) is 19.4. The number of halogens is 1. The maximum absolute atomic E-state index is 14.9. The molecule has 0 saturated carbocycles. The summed E-state index contributed by atoms with van der Waals surface area (Å²) in [6.07, 6.45) is 8.79. The van der Waals surface area contributed by atoms with Crippen molar-refractivity contribution < 1.29 is 9.50 Å². The lowest BCUT2D eigenvalue weighted by Gasteiger charge is -2.27. The van der Waals surface area contributed by atoms with Crippen LogP contribution >= 0.6 is 0 Å². The van der Waals surface area contributed by atoms with Crippen LogP contribution in [0.1, 0.15) is 43.6 Å². The van der Waals surface area contributed by atoms with Crippen molar-refractivity contribution in [2.45, 2.75) is 45.9 Å². The van der Waals surface area contributed by atoms with Gasteiger partial charge in [0.05, 0.1) is 30.1 Å². The minimum Gasteiger partial charge on any atom is -0.388 e. The van der Waals surface area contributed by atoms with E-state index in [9.17, 15) is 9.50 Å². The number of hydrogen-bond acceptors (Lipinski definition) is 7. The summed E-state index contributed by atoms with van der Waals surface area (Å²) in [4.78, 5) is 8.52. The van der Waals surface area contributed by atoms with E-state index in [4.69, 9.17) is 12.2 Å². The van der Waals surface area contributed by atoms with E-state index >= 15 is 0 Å². The molecule has 1 atom stereocenters. The summed E-state index contributed by atoms with van der Waals surface area (Å²) in [5.74, 6) is 1.79. The second kappa shape index (κ2) is 8.68. The molecule has 0 aliphatic carbocycles. The zero-order valence-corrected chi connectivity index (χ0v) is 19.4. The number of nitrogens with zero attached hydrogens (tertiary/aromatic N) is 7. The number of hydrogen-bond donors (Lipinski definition) is 2. The van der Waals surface area contributed by atoms with E-state index in [-0.39, 0.29) is 29.1 Å². The van der Waals surface area contributed by atoms with Crippen LogP contribution in [0, 0.1) is 25.1 Å². The molecule has 3 N–H and O–H groups in total. The summed E-state index contributed by atoms with van der Waals surface area (Å²) in [5.41, 5.74) is 7.98. The van der Waals surface area contributed by atoms with Gasteiger partial charge in [0.2, 0.25) is 0 Å². The highest BCUT2D eigenvalue weighted by molar-refractivity contribution is 5.69. The molecule has 3 heterocycles. The van der Waals surface area contributed by atoms with Gasteiger partial charge in [0.25, 0.3) is 0 Å². The maximum atomic E-state index is 14.9. The molecule has 0 amide bonds. The predicted molar refractivity (Wildman–Crippen MR) is 126 cm³/mol. The Balaban J connectivity index is 1.69. The monoisotopic (exact) mass is 460 g/mol. The topological polar surface area (TPSA) is 121 Å². The van der Waals surface area contributed by atoms with Crippen LogP contribution in [0.15, 0.2) is 36.7 Å². The fourth-order valence-corrected chi connectivity index (χ4v) is 3.55. The Morgan fingerprint density at radius 1 is 1.26 bits per heavy atom. The highest BCUT2D eigenvalue weighted by Gasteiger charge is 2.26. The van der Waals surface area contributed by atoms with Gasteiger partial charge in [-0.3, -0.25) is 4.68 Å². The maximum Gasteiger partial charge on any atom is 0.193 e. The predicted octanol–water partition coefficient (Wildman–Crippen LogP) is 2.99. The SMILES string of the molecule is C#Cc1cccc(-c2nc(N)c(F)c(-c3cn(Cc4ccnn4C(C)C(C)(C)O)nn3)n2)c1C. The molecule has 1 aromatic carbocycles. The molecule has 0 fully saturated rings. The number of anilines is 1. The Hall–Kier alpha value is -4.10. The van der Waals surface area contributed by atoms with Crippen molar-refractivity contribution >= 4 is 5.82 Å². The Labute approximate surface area is 196 Å². The average molecular weight is 461 g/mol. The van der Waals surface area contributed by atoms with Crippen LogP contribution in [0.5, 0.6) is 0 Å². The Kier molecular flexibility index (Phi) is 5.89. The molecule has 174 valence electrons. The number of terminal acetylenes is 1. The molecule has 0 saturated heterocycles. The van der Waals surface area contributed by atoms with Gasteiger partial charge < -0.3 is 10.8 Å². The first-order chi connectivity index (χ1) is 16.1. The highest BCUT2D eigenvalue weighted by Crippen LogP contribution is 2.29. The zero-order chi connectivity index (χ0) is 24.6. The minimum absolute atomic E-state index is 0.0578. The van der Waals surface area contributed by atoms with Gasteiger partial charge in [-0.25, -0.2) is 19.0 Å². The lowest BCUT2D eigenvalue weighted by Crippen LogP contribution is -2.32. The summed E-state index contributed by atoms with van der Waals surface area (Å²) in [5, 5.41) is 22.9. The smallest absolute Gasteiger partial charge is 0.193 e. The number of aliphatic hydroxyl groups is 1. The van der Waals surface area contributed by atoms with Crippen LogP contribution in [0.3, 0.4) is 0 Å². The quantitative estimate of drug-likeness (QED) is 0.424. The molecular formula is C24H25FN8O. The second-order valence-corrected chi connectivity index (χ2v) is 8.62. The van der Waals surface area contributed by atoms with Crippen molar-refractivity contribution in [3.8, 4) is 35.1 Å². The van der Waals surface area contributed by atoms with Crippen LogP contribution < -0.4 is 5.73 Å². The molecule has 10 heteroatoms. The first-order valence-corrected chi connectivity index (χ1v) is 10.6. The van der Waals surface area contributed by atoms with Gasteiger partial charge in [0.15, 0.2) is 17.5 Å². The molecule has 0 aliphatic heterocycles. The average Bonchev–Trinajstić information content (AvgIpc) is 3.44. The molecule has 9 nitrogen and oxygen atoms in total. The van der Waals surface area contributed by atoms with Crippen LogP contribution in [0.2, 0.25) is 0 Å². The van der Waals surface area contributed by atoms with E-state index in [0.717, 1.165) is 11.3 Å². The summed E-state index contributed by atoms with van der Waals surface area (Å²) in [6, 6.07) is 6.94. The number of benzene rings is 1. The number of nitrogen functional groups attached to an aromatic ring is 1. The molecule has 3 aromatic heterocycles. The van der Waals surface area contributed by atoms with E-state index < -0.39 is 11.4 Å². The van der Waals surface area contributed by atoms with Crippen LogP contribution in [0.4, 0.5) is 10.2 Å². The normalized spacial score (nSPS) is 12.5. The molecular weight excluding hydrogens is 435 g/mol. The molecule has 0 spiro atoms. The number of nitrogens with two attached hydrogens (primary N) is 1. The Morgan fingerprint density at radius 2 is 2.03 bits per heavy atom. The lowest BCUT2D eigenvalue weighted by atomic mass is 10.0. The molecule has 0 aliphatic rings. The largest absolute Gasteiger partial charge is 0.388 e. The van der Waals surface area contributed by atoms with Crippen molar-refractivity contribution in [1.82, 2.24) is 34.7 Å². The van der Waals surface area contributed by atoms with Gasteiger partial charge in [-0.15, -0.1) is 11.5 Å². The van der Waals surface area contributed by atoms with Gasteiger partial charge in [-0.05, 0) is 45.4 Å². The van der Waals surface area contributed by atoms with Gasteiger partial charge in [-0.1, -0.05) is 23.3 Å². The van der Waals surface area contributed by atoms with E-state index in [2.05, 4.69) is 31.3 Å². The third-order valence-corrected chi connectivity index (χ3v) is 5.85. The molecule has 0 bridgehead atoms. The van der Waals surface area contributed by atoms with Crippen LogP contribution in [-0.4, -0.2) is 45.4 Å². The fraction of sp³-hybridized carbons (Fsp3) is 0.292. The van der Waals surface area contributed by atoms with Gasteiger partial charge in [0, 0.05) is 17.3 Å². The van der Waals surface area contributed by atoms with Crippen LogP contribution in [0.25, 0.3) is 22.8 Å². The third-order valence-electron chi connectivity index (χ3n) is 5.85. The fourth-order valence-electron chi connectivity index (χ4n) is 3.55. The van der Waals surface area contributed by atoms with Gasteiger partial charge in [-0.2, -0.15) is 5.10 Å². The van der Waals surface area contributed by atoms with Crippen molar-refractivity contribution in [3.05, 3.63) is 59.3 Å². The Morgan fingerprint density at radius 3 is 2.74 bits per heavy atom. The lowest BCUT2D eigenvalue weighted by molar-refractivity contribution is 0.0245. The summed E-state index contributed by atoms with van der Waals surface area (Å²) in [7, 11) is 0. The van der Waals surface area contributed by atoms with E-state index in [0.29, 0.717) is 17.7 Å². The third kappa shape index (κ3) is 4.25.